The van der Waals surface area contributed by atoms with Gasteiger partial charge in [0.2, 0.25) is 0 Å². The van der Waals surface area contributed by atoms with Gasteiger partial charge in [-0.3, -0.25) is 5.32 Å². The zero-order valence-corrected chi connectivity index (χ0v) is 11.9. The number of nitrogens with one attached hydrogen (secondary N) is 1. The molecule has 2 rings (SSSR count). The smallest absolute Gasteiger partial charge is 0.119 e. The molecule has 0 aromatic carbocycles. The third-order valence-corrected chi connectivity index (χ3v) is 4.02. The first-order valence-electron chi connectivity index (χ1n) is 7.26. The molecule has 3 heteroatoms. The van der Waals surface area contributed by atoms with E-state index in [9.17, 15) is 0 Å². The van der Waals surface area contributed by atoms with Gasteiger partial charge in [-0.05, 0) is 43.4 Å². The molecule has 2 fully saturated rings. The quantitative estimate of drug-likeness (QED) is 0.816. The molecule has 0 aliphatic heterocycles. The van der Waals surface area contributed by atoms with Crippen LogP contribution in [0.15, 0.2) is 0 Å². The minimum Gasteiger partial charge on any atom is -0.375 e. The van der Waals surface area contributed by atoms with Crippen LogP contribution in [-0.2, 0) is 4.74 Å². The molecule has 0 aromatic heterocycles. The predicted octanol–water partition coefficient (Wildman–Crippen LogP) is 2.86. The van der Waals surface area contributed by atoms with Crippen molar-refractivity contribution in [1.29, 1.82) is 5.26 Å². The molecule has 0 aromatic rings. The zero-order valence-electron chi connectivity index (χ0n) is 11.9. The van der Waals surface area contributed by atoms with Gasteiger partial charge in [0.05, 0.1) is 18.8 Å². The predicted molar refractivity (Wildman–Crippen MR) is 72.1 cm³/mol. The molecule has 102 valence electrons. The molecule has 0 bridgehead atoms. The Kier molecular flexibility index (Phi) is 4.29. The molecule has 0 spiro atoms. The highest BCUT2D eigenvalue weighted by atomic mass is 16.5. The third-order valence-electron chi connectivity index (χ3n) is 4.02. The summed E-state index contributed by atoms with van der Waals surface area (Å²) in [7, 11) is 0. The van der Waals surface area contributed by atoms with E-state index < -0.39 is 0 Å². The summed E-state index contributed by atoms with van der Waals surface area (Å²) in [6.45, 7) is 7.49. The Bertz CT molecular complexity index is 317. The summed E-state index contributed by atoms with van der Waals surface area (Å²) in [5.41, 5.74) is 0.383. The van der Waals surface area contributed by atoms with E-state index in [4.69, 9.17) is 10.00 Å². The van der Waals surface area contributed by atoms with Gasteiger partial charge in [0, 0.05) is 6.04 Å². The summed E-state index contributed by atoms with van der Waals surface area (Å²) < 4.78 is 5.99. The molecule has 3 atom stereocenters. The largest absolute Gasteiger partial charge is 0.375 e. The lowest BCUT2D eigenvalue weighted by Gasteiger charge is -2.39. The van der Waals surface area contributed by atoms with Crippen LogP contribution < -0.4 is 5.32 Å². The van der Waals surface area contributed by atoms with Crippen molar-refractivity contribution in [2.45, 2.75) is 71.1 Å². The molecular formula is C15H26N2O. The number of nitriles is 1. The number of hydrogen-bond donors (Lipinski definition) is 1. The van der Waals surface area contributed by atoms with Crippen molar-refractivity contribution >= 4 is 0 Å². The van der Waals surface area contributed by atoms with Gasteiger partial charge in [-0.2, -0.15) is 5.26 Å². The minimum absolute atomic E-state index is 0.127. The number of rotatable bonds is 5. The lowest BCUT2D eigenvalue weighted by atomic mass is 9.71. The lowest BCUT2D eigenvalue weighted by Crippen LogP contribution is -2.38. The van der Waals surface area contributed by atoms with Crippen LogP contribution in [0.25, 0.3) is 0 Å². The van der Waals surface area contributed by atoms with Crippen LogP contribution in [-0.4, -0.2) is 24.8 Å². The maximum absolute atomic E-state index is 9.09. The standard InChI is InChI=1S/C15H26N2O/c1-11-6-14(8-15(2,3)7-11)18-10-13(9-16)17-12-4-5-12/h11-14,17H,4-8,10H2,1-3H3. The van der Waals surface area contributed by atoms with E-state index in [0.717, 1.165) is 18.8 Å². The number of ether oxygens (including phenoxy) is 1. The molecule has 1 N–H and O–H groups in total. The topological polar surface area (TPSA) is 45.0 Å². The molecule has 2 aliphatic rings. The molecular weight excluding hydrogens is 224 g/mol. The molecule has 18 heavy (non-hydrogen) atoms. The highest BCUT2D eigenvalue weighted by Gasteiger charge is 2.33. The Morgan fingerprint density at radius 1 is 1.39 bits per heavy atom. The van der Waals surface area contributed by atoms with Crippen LogP contribution in [0.3, 0.4) is 0 Å². The van der Waals surface area contributed by atoms with Crippen molar-refractivity contribution in [2.75, 3.05) is 6.61 Å². The van der Waals surface area contributed by atoms with Gasteiger partial charge in [-0.1, -0.05) is 20.8 Å². The Morgan fingerprint density at radius 2 is 2.11 bits per heavy atom. The fourth-order valence-corrected chi connectivity index (χ4v) is 3.27. The first-order valence-corrected chi connectivity index (χ1v) is 7.26. The van der Waals surface area contributed by atoms with E-state index in [1.165, 1.54) is 19.3 Å². The molecule has 2 aliphatic carbocycles. The summed E-state index contributed by atoms with van der Waals surface area (Å²) in [5.74, 6) is 0.732. The Balaban J connectivity index is 1.76. The van der Waals surface area contributed by atoms with Crippen LogP contribution in [0.5, 0.6) is 0 Å². The van der Waals surface area contributed by atoms with Gasteiger partial charge in [0.15, 0.2) is 0 Å². The van der Waals surface area contributed by atoms with Crippen molar-refractivity contribution < 1.29 is 4.74 Å². The third kappa shape index (κ3) is 4.26. The van der Waals surface area contributed by atoms with Gasteiger partial charge < -0.3 is 4.74 Å². The summed E-state index contributed by atoms with van der Waals surface area (Å²) in [6, 6.07) is 2.75. The van der Waals surface area contributed by atoms with Crippen LogP contribution in [0.2, 0.25) is 0 Å². The second-order valence-corrected chi connectivity index (χ2v) is 6.99. The summed E-state index contributed by atoms with van der Waals surface area (Å²) in [4.78, 5) is 0. The second-order valence-electron chi connectivity index (χ2n) is 6.99. The molecule has 0 amide bonds. The number of nitrogens with zero attached hydrogens (tertiary/aromatic N) is 1. The minimum atomic E-state index is -0.127. The van der Waals surface area contributed by atoms with Gasteiger partial charge >= 0.3 is 0 Å². The molecule has 0 saturated heterocycles. The van der Waals surface area contributed by atoms with E-state index in [2.05, 4.69) is 32.2 Å². The normalized spacial score (nSPS) is 32.8. The van der Waals surface area contributed by atoms with E-state index in [-0.39, 0.29) is 6.04 Å². The molecule has 0 radical (unpaired) electrons. The maximum Gasteiger partial charge on any atom is 0.119 e. The highest BCUT2D eigenvalue weighted by molar-refractivity contribution is 4.96. The molecule has 3 nitrogen and oxygen atoms in total. The first-order chi connectivity index (χ1) is 8.48. The van der Waals surface area contributed by atoms with Crippen molar-refractivity contribution in [2.24, 2.45) is 11.3 Å². The van der Waals surface area contributed by atoms with Gasteiger partial charge in [0.25, 0.3) is 0 Å². The molecule has 0 heterocycles. The van der Waals surface area contributed by atoms with Gasteiger partial charge in [0.1, 0.15) is 6.04 Å². The Morgan fingerprint density at radius 3 is 2.67 bits per heavy atom. The summed E-state index contributed by atoms with van der Waals surface area (Å²) >= 11 is 0. The molecule has 3 unspecified atom stereocenters. The highest BCUT2D eigenvalue weighted by Crippen LogP contribution is 2.39. The Hall–Kier alpha value is -0.590. The fourth-order valence-electron chi connectivity index (χ4n) is 3.27. The van der Waals surface area contributed by atoms with E-state index in [0.29, 0.717) is 24.2 Å². The molecule has 2 saturated carbocycles. The van der Waals surface area contributed by atoms with Gasteiger partial charge in [-0.15, -0.1) is 0 Å². The fraction of sp³-hybridized carbons (Fsp3) is 0.933. The second kappa shape index (κ2) is 5.59. The average Bonchev–Trinajstić information content (AvgIpc) is 3.05. The van der Waals surface area contributed by atoms with Crippen molar-refractivity contribution in [3.8, 4) is 6.07 Å². The first kappa shape index (κ1) is 13.8. The van der Waals surface area contributed by atoms with Crippen LogP contribution in [0, 0.1) is 22.7 Å². The van der Waals surface area contributed by atoms with E-state index in [1.807, 2.05) is 0 Å². The van der Waals surface area contributed by atoms with E-state index >= 15 is 0 Å². The summed E-state index contributed by atoms with van der Waals surface area (Å²) in [5, 5.41) is 12.4. The Labute approximate surface area is 111 Å². The average molecular weight is 250 g/mol. The van der Waals surface area contributed by atoms with Crippen LogP contribution in [0.1, 0.15) is 52.9 Å². The SMILES string of the molecule is CC1CC(OCC(C#N)NC2CC2)CC(C)(C)C1. The van der Waals surface area contributed by atoms with Crippen LogP contribution >= 0.6 is 0 Å². The van der Waals surface area contributed by atoms with E-state index in [1.54, 1.807) is 0 Å². The summed E-state index contributed by atoms with van der Waals surface area (Å²) in [6.07, 6.45) is 6.32. The van der Waals surface area contributed by atoms with Crippen LogP contribution in [0.4, 0.5) is 0 Å². The lowest BCUT2D eigenvalue weighted by molar-refractivity contribution is -0.0264. The number of hydrogen-bond acceptors (Lipinski definition) is 3. The van der Waals surface area contributed by atoms with Gasteiger partial charge in [-0.25, -0.2) is 0 Å². The maximum atomic E-state index is 9.09. The zero-order chi connectivity index (χ0) is 13.2. The van der Waals surface area contributed by atoms with Crippen molar-refractivity contribution in [3.63, 3.8) is 0 Å². The van der Waals surface area contributed by atoms with Crippen molar-refractivity contribution in [3.05, 3.63) is 0 Å². The van der Waals surface area contributed by atoms with Crippen molar-refractivity contribution in [1.82, 2.24) is 5.32 Å². The monoisotopic (exact) mass is 250 g/mol.